The Hall–Kier alpha value is -3.36. The van der Waals surface area contributed by atoms with E-state index in [9.17, 15) is 33.2 Å². The average Bonchev–Trinajstić information content (AvgIpc) is 3.70. The number of fused-ring (bicyclic) bond motifs is 7. The summed E-state index contributed by atoms with van der Waals surface area (Å²) in [6.45, 7) is 12.4. The van der Waals surface area contributed by atoms with Crippen molar-refractivity contribution in [2.24, 2.45) is 52.3 Å². The Kier molecular flexibility index (Phi) is 14.8. The number of carbonyl (C=O) groups is 6. The first-order valence-corrected chi connectivity index (χ1v) is 24.6. The molecule has 382 valence electrons. The molecule has 0 N–H and O–H groups in total. The molecule has 68 heavy (non-hydrogen) atoms. The highest BCUT2D eigenvalue weighted by Gasteiger charge is 2.71. The van der Waals surface area contributed by atoms with E-state index in [1.54, 1.807) is 0 Å². The van der Waals surface area contributed by atoms with Crippen LogP contribution in [0.1, 0.15) is 120 Å². The van der Waals surface area contributed by atoms with E-state index < -0.39 is 116 Å². The van der Waals surface area contributed by atoms with Gasteiger partial charge in [0.25, 0.3) is 0 Å². The Morgan fingerprint density at radius 2 is 1.19 bits per heavy atom. The van der Waals surface area contributed by atoms with E-state index >= 15 is 4.39 Å². The molecule has 4 saturated heterocycles. The van der Waals surface area contributed by atoms with Crippen molar-refractivity contribution in [2.45, 2.75) is 200 Å². The molecule has 17 nitrogen and oxygen atoms in total. The SMILES string of the molecule is CC(=O)O[C@@H]1[C@@H](OC(C)=O)[C@H](O[C@H]2[C@H](OC(C)=O)[C@@H](OC(C)=O)[C@H](O[C@H]3CC[C@@]4(C)[C@@H](CC[C@@H]5[C@@H]4C(=O)C[C@]4(C)C6C(C[C@@H]54)O[C@]4(CC[C@@H](C)CO4)C6C)C3)O[C@@H]2CF)O[C@H](CF)[C@H]1OC(C)=O. The van der Waals surface area contributed by atoms with Crippen LogP contribution in [0.25, 0.3) is 0 Å². The number of halogens is 2. The minimum absolute atomic E-state index is 0.0548. The highest BCUT2D eigenvalue weighted by Crippen LogP contribution is 2.70. The number of carbonyl (C=O) groups excluding carboxylic acids is 6. The van der Waals surface area contributed by atoms with Crippen LogP contribution >= 0.6 is 0 Å². The summed E-state index contributed by atoms with van der Waals surface area (Å²) < 4.78 is 95.9. The van der Waals surface area contributed by atoms with E-state index in [1.165, 1.54) is 0 Å². The third kappa shape index (κ3) is 9.34. The van der Waals surface area contributed by atoms with Crippen molar-refractivity contribution in [1.29, 1.82) is 0 Å². The van der Waals surface area contributed by atoms with Crippen LogP contribution in [0.2, 0.25) is 0 Å². The lowest BCUT2D eigenvalue weighted by atomic mass is 9.44. The van der Waals surface area contributed by atoms with Crippen molar-refractivity contribution in [3.63, 3.8) is 0 Å². The summed E-state index contributed by atoms with van der Waals surface area (Å²) in [7, 11) is 0. The number of hydrogen-bond acceptors (Lipinski definition) is 17. The monoisotopic (exact) mass is 968 g/mol. The summed E-state index contributed by atoms with van der Waals surface area (Å²) in [4.78, 5) is 77.1. The number of hydrogen-bond donors (Lipinski definition) is 0. The first-order chi connectivity index (χ1) is 32.1. The summed E-state index contributed by atoms with van der Waals surface area (Å²) >= 11 is 0. The van der Waals surface area contributed by atoms with Crippen LogP contribution in [-0.2, 0) is 80.9 Å². The van der Waals surface area contributed by atoms with Crippen molar-refractivity contribution in [3.8, 4) is 0 Å². The zero-order valence-corrected chi connectivity index (χ0v) is 40.7. The van der Waals surface area contributed by atoms with Crippen molar-refractivity contribution < 1.29 is 89.7 Å². The molecule has 8 rings (SSSR count). The number of ketones is 1. The Bertz CT molecular complexity index is 1930. The molecule has 4 aliphatic carbocycles. The largest absolute Gasteiger partial charge is 0.456 e. The minimum Gasteiger partial charge on any atom is -0.456 e. The molecule has 0 radical (unpaired) electrons. The summed E-state index contributed by atoms with van der Waals surface area (Å²) in [6, 6.07) is 0. The van der Waals surface area contributed by atoms with Gasteiger partial charge in [0.05, 0.1) is 18.8 Å². The molecule has 19 heteroatoms. The highest BCUT2D eigenvalue weighted by molar-refractivity contribution is 5.84. The standard InChI is InChI=1S/C49H70F2O17/c1-22-12-15-49(58-21-22)23(2)37-34(68-49)17-32-31-11-10-29-16-30(13-14-47(29,8)38(31)33(57)18-48(32,37)9)64-45-43(62-27(6)55)42(61-26(5)54)40(36(20-51)65-45)67-46-44(63-28(7)56)41(60-25(4)53)39(59-24(3)52)35(19-50)66-46/h22-23,29-32,34-46H,10-21H2,1-9H3/t22-,23?,29+,30+,31+,32+,34?,35-,36-,37?,38-,39-,40-,41+,42+,43-,44-,45-,46+,47+,48+,49-/m1/s1. The molecule has 0 bridgehead atoms. The van der Waals surface area contributed by atoms with Gasteiger partial charge in [-0.15, -0.1) is 0 Å². The molecule has 0 aromatic heterocycles. The second-order valence-corrected chi connectivity index (χ2v) is 21.5. The fraction of sp³-hybridized carbons (Fsp3) is 0.878. The predicted octanol–water partition coefficient (Wildman–Crippen LogP) is 5.43. The number of alkyl halides is 2. The molecule has 0 aromatic rings. The summed E-state index contributed by atoms with van der Waals surface area (Å²) in [5.74, 6) is -3.25. The van der Waals surface area contributed by atoms with Gasteiger partial charge in [0.15, 0.2) is 48.9 Å². The Labute approximate surface area is 396 Å². The summed E-state index contributed by atoms with van der Waals surface area (Å²) in [5.41, 5.74) is -0.498. The number of Topliss-reactive ketones (excluding diaryl/α,β-unsaturated/α-hetero) is 1. The van der Waals surface area contributed by atoms with E-state index in [1.807, 2.05) is 0 Å². The normalized spacial score (nSPS) is 47.4. The van der Waals surface area contributed by atoms with Gasteiger partial charge in [-0.3, -0.25) is 28.8 Å². The van der Waals surface area contributed by atoms with Crippen LogP contribution in [-0.4, -0.2) is 135 Å². The van der Waals surface area contributed by atoms with Crippen molar-refractivity contribution in [3.05, 3.63) is 0 Å². The lowest BCUT2D eigenvalue weighted by Crippen LogP contribution is -2.67. The molecule has 4 aliphatic heterocycles. The molecule has 1 spiro atoms. The molecule has 3 unspecified atom stereocenters. The Morgan fingerprint density at radius 3 is 1.75 bits per heavy atom. The third-order valence-corrected chi connectivity index (χ3v) is 17.2. The average molecular weight is 969 g/mol. The van der Waals surface area contributed by atoms with E-state index in [0.717, 1.165) is 66.7 Å². The fourth-order valence-corrected chi connectivity index (χ4v) is 14.5. The number of esters is 5. The van der Waals surface area contributed by atoms with Crippen LogP contribution in [0.5, 0.6) is 0 Å². The first-order valence-electron chi connectivity index (χ1n) is 24.6. The van der Waals surface area contributed by atoms with Gasteiger partial charge in [-0.1, -0.05) is 27.7 Å². The van der Waals surface area contributed by atoms with E-state index in [0.29, 0.717) is 49.9 Å². The van der Waals surface area contributed by atoms with Gasteiger partial charge in [-0.05, 0) is 85.4 Å². The Morgan fingerprint density at radius 1 is 0.647 bits per heavy atom. The van der Waals surface area contributed by atoms with Gasteiger partial charge in [0, 0.05) is 59.3 Å². The molecule has 0 aromatic carbocycles. The van der Waals surface area contributed by atoms with Crippen molar-refractivity contribution >= 4 is 35.6 Å². The summed E-state index contributed by atoms with van der Waals surface area (Å²) in [6.07, 6.45) is -10.2. The molecule has 8 aliphatic rings. The maximum absolute atomic E-state index is 15.4. The lowest BCUT2D eigenvalue weighted by molar-refractivity contribution is -0.363. The smallest absolute Gasteiger partial charge is 0.303 e. The van der Waals surface area contributed by atoms with Gasteiger partial charge in [0.2, 0.25) is 0 Å². The summed E-state index contributed by atoms with van der Waals surface area (Å²) in [5, 5.41) is 0. The lowest BCUT2D eigenvalue weighted by Gasteiger charge is -2.60. The highest BCUT2D eigenvalue weighted by atomic mass is 19.1. The molecule has 8 fully saturated rings. The van der Waals surface area contributed by atoms with Crippen LogP contribution < -0.4 is 0 Å². The molecular formula is C49H70F2O17. The van der Waals surface area contributed by atoms with Crippen molar-refractivity contribution in [1.82, 2.24) is 0 Å². The fourth-order valence-electron chi connectivity index (χ4n) is 14.5. The zero-order valence-electron chi connectivity index (χ0n) is 40.7. The quantitative estimate of drug-likeness (QED) is 0.144. The van der Waals surface area contributed by atoms with E-state index in [4.69, 9.17) is 52.1 Å². The zero-order chi connectivity index (χ0) is 49.2. The first kappa shape index (κ1) is 51.0. The number of ether oxygens (including phenoxy) is 11. The maximum atomic E-state index is 15.4. The number of rotatable bonds is 11. The molecule has 22 atom stereocenters. The molecule has 0 amide bonds. The minimum atomic E-state index is -1.87. The van der Waals surface area contributed by atoms with Crippen LogP contribution in [0.4, 0.5) is 8.78 Å². The van der Waals surface area contributed by atoms with Gasteiger partial charge < -0.3 is 52.1 Å². The van der Waals surface area contributed by atoms with Gasteiger partial charge in [-0.2, -0.15) is 0 Å². The van der Waals surface area contributed by atoms with Gasteiger partial charge in [-0.25, -0.2) is 8.78 Å². The van der Waals surface area contributed by atoms with E-state index in [2.05, 4.69) is 27.7 Å². The topological polar surface area (TPSA) is 204 Å². The van der Waals surface area contributed by atoms with Crippen molar-refractivity contribution in [2.75, 3.05) is 20.0 Å². The van der Waals surface area contributed by atoms with Gasteiger partial charge >= 0.3 is 29.8 Å². The molecule has 4 saturated carbocycles. The van der Waals surface area contributed by atoms with Crippen LogP contribution in [0.3, 0.4) is 0 Å². The van der Waals surface area contributed by atoms with Gasteiger partial charge in [0.1, 0.15) is 37.4 Å². The predicted molar refractivity (Wildman–Crippen MR) is 229 cm³/mol. The maximum Gasteiger partial charge on any atom is 0.303 e. The third-order valence-electron chi connectivity index (χ3n) is 17.2. The van der Waals surface area contributed by atoms with Crippen LogP contribution in [0, 0.1) is 52.3 Å². The van der Waals surface area contributed by atoms with Crippen LogP contribution in [0.15, 0.2) is 0 Å². The second-order valence-electron chi connectivity index (χ2n) is 21.5. The Balaban J connectivity index is 1.00. The second kappa shape index (κ2) is 19.7. The molecular weight excluding hydrogens is 899 g/mol. The van der Waals surface area contributed by atoms with E-state index in [-0.39, 0.29) is 46.5 Å². The molecule has 4 heterocycles.